The molecule has 21 heavy (non-hydrogen) atoms. The van der Waals surface area contributed by atoms with Crippen LogP contribution in [0.4, 0.5) is 0 Å². The molecule has 1 aliphatic rings. The molecule has 2 rings (SSSR count). The molecular weight excluding hydrogens is 272 g/mol. The summed E-state index contributed by atoms with van der Waals surface area (Å²) in [5.41, 5.74) is 0. The average Bonchev–Trinajstić information content (AvgIpc) is 3.02. The number of aromatic nitrogens is 2. The number of likely N-dealkylation sites (tertiary alicyclic amines) is 1. The zero-order chi connectivity index (χ0) is 15.2. The van der Waals surface area contributed by atoms with Crippen molar-refractivity contribution in [3.05, 3.63) is 11.7 Å². The van der Waals surface area contributed by atoms with E-state index in [4.69, 9.17) is 9.26 Å². The van der Waals surface area contributed by atoms with Gasteiger partial charge in [-0.15, -0.1) is 0 Å². The number of amides is 1. The molecule has 0 spiro atoms. The Balaban J connectivity index is 1.83. The summed E-state index contributed by atoms with van der Waals surface area (Å²) in [5.74, 6) is 1.87. The minimum absolute atomic E-state index is 0.224. The van der Waals surface area contributed by atoms with E-state index in [-0.39, 0.29) is 5.91 Å². The first-order chi connectivity index (χ1) is 10.1. The Hall–Kier alpha value is -1.47. The van der Waals surface area contributed by atoms with Crippen LogP contribution in [0.15, 0.2) is 4.52 Å². The van der Waals surface area contributed by atoms with Crippen molar-refractivity contribution in [2.45, 2.75) is 26.8 Å². The molecule has 0 aromatic carbocycles. The van der Waals surface area contributed by atoms with Crippen LogP contribution in [-0.4, -0.2) is 65.7 Å². The molecule has 0 bridgehead atoms. The first kappa shape index (κ1) is 15.9. The standard InChI is InChI=1S/C14H24N4O3/c1-4-17(10-13-15-11(2)16-21-13)8-12-7-14(19)18(9-12)5-6-20-3/h12H,4-10H2,1-3H3/t12-/m1/s1. The van der Waals surface area contributed by atoms with E-state index in [0.717, 1.165) is 19.6 Å². The zero-order valence-corrected chi connectivity index (χ0v) is 13.0. The lowest BCUT2D eigenvalue weighted by Crippen LogP contribution is -2.32. The van der Waals surface area contributed by atoms with E-state index in [1.54, 1.807) is 7.11 Å². The summed E-state index contributed by atoms with van der Waals surface area (Å²) < 4.78 is 10.2. The molecule has 2 heterocycles. The molecular formula is C14H24N4O3. The highest BCUT2D eigenvalue weighted by atomic mass is 16.5. The van der Waals surface area contributed by atoms with Gasteiger partial charge in [-0.25, -0.2) is 0 Å². The molecule has 0 N–H and O–H groups in total. The SMILES string of the molecule is CCN(Cc1nc(C)no1)C[C@H]1CC(=O)N(CCOC)C1. The number of hydrogen-bond acceptors (Lipinski definition) is 6. The van der Waals surface area contributed by atoms with Crippen molar-refractivity contribution in [1.82, 2.24) is 19.9 Å². The van der Waals surface area contributed by atoms with Crippen molar-refractivity contribution in [2.75, 3.05) is 39.9 Å². The third-order valence-corrected chi connectivity index (χ3v) is 3.75. The van der Waals surface area contributed by atoms with Crippen molar-refractivity contribution in [3.63, 3.8) is 0 Å². The molecule has 1 aliphatic heterocycles. The number of rotatable bonds is 8. The Labute approximate surface area is 125 Å². The summed E-state index contributed by atoms with van der Waals surface area (Å²) in [6.45, 7) is 8.40. The van der Waals surface area contributed by atoms with Crippen LogP contribution in [0.3, 0.4) is 0 Å². The number of methoxy groups -OCH3 is 1. The number of hydrogen-bond donors (Lipinski definition) is 0. The number of carbonyl (C=O) groups excluding carboxylic acids is 1. The molecule has 1 aromatic rings. The van der Waals surface area contributed by atoms with Crippen LogP contribution in [-0.2, 0) is 16.1 Å². The van der Waals surface area contributed by atoms with Crippen molar-refractivity contribution in [2.24, 2.45) is 5.92 Å². The first-order valence-corrected chi connectivity index (χ1v) is 7.40. The molecule has 1 fully saturated rings. The number of aryl methyl sites for hydroxylation is 1. The third kappa shape index (κ3) is 4.50. The molecule has 1 amide bonds. The highest BCUT2D eigenvalue weighted by Crippen LogP contribution is 2.19. The topological polar surface area (TPSA) is 71.7 Å². The Morgan fingerprint density at radius 1 is 1.52 bits per heavy atom. The highest BCUT2D eigenvalue weighted by molar-refractivity contribution is 5.78. The fourth-order valence-corrected chi connectivity index (χ4v) is 2.66. The van der Waals surface area contributed by atoms with Crippen molar-refractivity contribution in [3.8, 4) is 0 Å². The number of carbonyl (C=O) groups is 1. The second kappa shape index (κ2) is 7.51. The second-order valence-corrected chi connectivity index (χ2v) is 5.47. The van der Waals surface area contributed by atoms with Gasteiger partial charge in [0.05, 0.1) is 13.2 Å². The Morgan fingerprint density at radius 2 is 2.33 bits per heavy atom. The van der Waals surface area contributed by atoms with Gasteiger partial charge < -0.3 is 14.2 Å². The molecule has 7 heteroatoms. The summed E-state index contributed by atoms with van der Waals surface area (Å²) in [7, 11) is 1.66. The maximum Gasteiger partial charge on any atom is 0.240 e. The maximum atomic E-state index is 11.9. The van der Waals surface area contributed by atoms with Gasteiger partial charge in [-0.1, -0.05) is 12.1 Å². The molecule has 1 saturated heterocycles. The first-order valence-electron chi connectivity index (χ1n) is 7.40. The number of nitrogens with zero attached hydrogens (tertiary/aromatic N) is 4. The van der Waals surface area contributed by atoms with E-state index in [1.807, 2.05) is 11.8 Å². The van der Waals surface area contributed by atoms with Gasteiger partial charge in [0.15, 0.2) is 5.82 Å². The van der Waals surface area contributed by atoms with Gasteiger partial charge >= 0.3 is 0 Å². The summed E-state index contributed by atoms with van der Waals surface area (Å²) in [4.78, 5) is 20.3. The van der Waals surface area contributed by atoms with Gasteiger partial charge in [0.2, 0.25) is 11.8 Å². The predicted molar refractivity (Wildman–Crippen MR) is 76.5 cm³/mol. The molecule has 1 atom stereocenters. The van der Waals surface area contributed by atoms with Crippen LogP contribution in [0, 0.1) is 12.8 Å². The van der Waals surface area contributed by atoms with Gasteiger partial charge in [-0.3, -0.25) is 9.69 Å². The van der Waals surface area contributed by atoms with Gasteiger partial charge in [0.1, 0.15) is 0 Å². The van der Waals surface area contributed by atoms with Crippen molar-refractivity contribution >= 4 is 5.91 Å². The molecule has 1 aromatic heterocycles. The smallest absolute Gasteiger partial charge is 0.240 e. The van der Waals surface area contributed by atoms with E-state index in [2.05, 4.69) is 22.0 Å². The third-order valence-electron chi connectivity index (χ3n) is 3.75. The molecule has 0 aliphatic carbocycles. The number of ether oxygens (including phenoxy) is 1. The van der Waals surface area contributed by atoms with Crippen LogP contribution < -0.4 is 0 Å². The minimum Gasteiger partial charge on any atom is -0.383 e. The average molecular weight is 296 g/mol. The van der Waals surface area contributed by atoms with Crippen LogP contribution in [0.5, 0.6) is 0 Å². The minimum atomic E-state index is 0.224. The summed E-state index contributed by atoms with van der Waals surface area (Å²) in [6, 6.07) is 0. The van der Waals surface area contributed by atoms with Gasteiger partial charge in [0, 0.05) is 33.2 Å². The predicted octanol–water partition coefficient (Wildman–Crippen LogP) is 0.695. The fraction of sp³-hybridized carbons (Fsp3) is 0.786. The Bertz CT molecular complexity index is 463. The van der Waals surface area contributed by atoms with Gasteiger partial charge in [-0.05, 0) is 19.4 Å². The second-order valence-electron chi connectivity index (χ2n) is 5.47. The molecule has 0 radical (unpaired) electrons. The van der Waals surface area contributed by atoms with E-state index in [1.165, 1.54) is 0 Å². The van der Waals surface area contributed by atoms with Crippen LogP contribution in [0.1, 0.15) is 25.1 Å². The molecule has 7 nitrogen and oxygen atoms in total. The van der Waals surface area contributed by atoms with Crippen LogP contribution in [0.2, 0.25) is 0 Å². The van der Waals surface area contributed by atoms with E-state index in [0.29, 0.717) is 43.8 Å². The largest absolute Gasteiger partial charge is 0.383 e. The van der Waals surface area contributed by atoms with Crippen molar-refractivity contribution < 1.29 is 14.1 Å². The van der Waals surface area contributed by atoms with Crippen LogP contribution >= 0.6 is 0 Å². The van der Waals surface area contributed by atoms with Gasteiger partial charge in [-0.2, -0.15) is 4.98 Å². The normalized spacial score (nSPS) is 19.0. The Kier molecular flexibility index (Phi) is 5.69. The van der Waals surface area contributed by atoms with E-state index < -0.39 is 0 Å². The summed E-state index contributed by atoms with van der Waals surface area (Å²) in [5, 5.41) is 3.80. The monoisotopic (exact) mass is 296 g/mol. The lowest BCUT2D eigenvalue weighted by atomic mass is 10.1. The molecule has 118 valence electrons. The lowest BCUT2D eigenvalue weighted by molar-refractivity contribution is -0.128. The van der Waals surface area contributed by atoms with Crippen LogP contribution in [0.25, 0.3) is 0 Å². The summed E-state index contributed by atoms with van der Waals surface area (Å²) in [6.07, 6.45) is 0.614. The quantitative estimate of drug-likeness (QED) is 0.703. The van der Waals surface area contributed by atoms with Gasteiger partial charge in [0.25, 0.3) is 0 Å². The molecule has 0 saturated carbocycles. The fourth-order valence-electron chi connectivity index (χ4n) is 2.66. The molecule has 0 unspecified atom stereocenters. The zero-order valence-electron chi connectivity index (χ0n) is 13.0. The van der Waals surface area contributed by atoms with E-state index >= 15 is 0 Å². The summed E-state index contributed by atoms with van der Waals surface area (Å²) >= 11 is 0. The highest BCUT2D eigenvalue weighted by Gasteiger charge is 2.30. The van der Waals surface area contributed by atoms with E-state index in [9.17, 15) is 4.79 Å². The Morgan fingerprint density at radius 3 is 2.95 bits per heavy atom. The van der Waals surface area contributed by atoms with Crippen molar-refractivity contribution in [1.29, 1.82) is 0 Å². The maximum absolute atomic E-state index is 11.9. The lowest BCUT2D eigenvalue weighted by Gasteiger charge is -2.22.